The van der Waals surface area contributed by atoms with E-state index < -0.39 is 0 Å². The fraction of sp³-hybridized carbons (Fsp3) is 0.0588. The molecule has 2 amide bonds. The monoisotopic (exact) mass is 343 g/mol. The second-order valence-corrected chi connectivity index (χ2v) is 6.30. The van der Waals surface area contributed by atoms with Crippen LogP contribution >= 0.6 is 23.5 Å². The first-order chi connectivity index (χ1) is 11.1. The molecule has 3 rings (SSSR count). The summed E-state index contributed by atoms with van der Waals surface area (Å²) in [5.74, 6) is 0. The van der Waals surface area contributed by atoms with E-state index >= 15 is 0 Å². The molecule has 2 N–H and O–H groups in total. The number of para-hydroxylation sites is 1. The van der Waals surface area contributed by atoms with E-state index in [2.05, 4.69) is 15.0 Å². The lowest BCUT2D eigenvalue weighted by atomic mass is 10.2. The van der Waals surface area contributed by atoms with Gasteiger partial charge in [0.1, 0.15) is 0 Å². The van der Waals surface area contributed by atoms with E-state index in [0.29, 0.717) is 5.02 Å². The van der Waals surface area contributed by atoms with Crippen molar-refractivity contribution in [2.75, 3.05) is 5.32 Å². The summed E-state index contributed by atoms with van der Waals surface area (Å²) < 4.78 is 2.75. The number of carbonyl (C=O) groups excluding carboxylic acids is 1. The van der Waals surface area contributed by atoms with E-state index in [-0.39, 0.29) is 6.03 Å². The summed E-state index contributed by atoms with van der Waals surface area (Å²) in [4.78, 5) is 17.2. The average Bonchev–Trinajstić information content (AvgIpc) is 2.55. The van der Waals surface area contributed by atoms with Crippen LogP contribution in [0.1, 0.15) is 5.56 Å². The van der Waals surface area contributed by atoms with Crippen LogP contribution in [-0.2, 0) is 0 Å². The van der Waals surface area contributed by atoms with Gasteiger partial charge in [0.2, 0.25) is 0 Å². The maximum absolute atomic E-state index is 12.0. The van der Waals surface area contributed by atoms with Crippen LogP contribution in [-0.4, -0.2) is 11.0 Å². The Balaban J connectivity index is 1.63. The number of carbonyl (C=O) groups is 1. The molecule has 0 fully saturated rings. The Bertz CT molecular complexity index is 869. The highest BCUT2D eigenvalue weighted by molar-refractivity contribution is 7.98. The van der Waals surface area contributed by atoms with Crippen LogP contribution in [0.5, 0.6) is 0 Å². The highest BCUT2D eigenvalue weighted by Gasteiger charge is 2.06. The predicted molar refractivity (Wildman–Crippen MR) is 95.9 cm³/mol. The topological polar surface area (TPSA) is 54.0 Å². The quantitative estimate of drug-likeness (QED) is 0.656. The summed E-state index contributed by atoms with van der Waals surface area (Å²) in [7, 11) is 0. The van der Waals surface area contributed by atoms with Gasteiger partial charge in [-0.3, -0.25) is 9.71 Å². The van der Waals surface area contributed by atoms with Crippen molar-refractivity contribution in [1.82, 2.24) is 9.71 Å². The lowest BCUT2D eigenvalue weighted by molar-refractivity contribution is 0.257. The molecular formula is C17H14ClN3OS. The van der Waals surface area contributed by atoms with Gasteiger partial charge in [0.25, 0.3) is 0 Å². The Hall–Kier alpha value is -2.24. The Morgan fingerprint density at radius 1 is 1.17 bits per heavy atom. The number of anilines is 1. The van der Waals surface area contributed by atoms with Crippen molar-refractivity contribution >= 4 is 46.2 Å². The minimum Gasteiger partial charge on any atom is -0.307 e. The number of nitrogens with zero attached hydrogens (tertiary/aromatic N) is 1. The van der Waals surface area contributed by atoms with Gasteiger partial charge in [0, 0.05) is 27.2 Å². The smallest absolute Gasteiger partial charge is 0.307 e. The zero-order chi connectivity index (χ0) is 16.2. The van der Waals surface area contributed by atoms with Crippen LogP contribution < -0.4 is 10.0 Å². The third-order valence-corrected chi connectivity index (χ3v) is 4.25. The lowest BCUT2D eigenvalue weighted by Gasteiger charge is -2.09. The summed E-state index contributed by atoms with van der Waals surface area (Å²) in [5.41, 5.74) is 2.56. The van der Waals surface area contributed by atoms with Crippen molar-refractivity contribution in [2.24, 2.45) is 0 Å². The van der Waals surface area contributed by atoms with E-state index in [0.717, 1.165) is 27.0 Å². The van der Waals surface area contributed by atoms with Crippen LogP contribution in [0.15, 0.2) is 59.6 Å². The van der Waals surface area contributed by atoms with Crippen molar-refractivity contribution < 1.29 is 4.79 Å². The SMILES string of the molecule is Cc1cc(Cl)ccc1NC(=O)NSc1cnc2ccccc2c1. The Morgan fingerprint density at radius 3 is 2.83 bits per heavy atom. The molecule has 2 aromatic carbocycles. The van der Waals surface area contributed by atoms with Crippen LogP contribution in [0.4, 0.5) is 10.5 Å². The standard InChI is InChI=1S/C17H14ClN3OS/c1-11-8-13(18)6-7-15(11)20-17(22)21-23-14-9-12-4-2-3-5-16(12)19-10-14/h2-10H,1H3,(H2,20,21,22). The number of aryl methyl sites for hydroxylation is 1. The molecule has 23 heavy (non-hydrogen) atoms. The van der Waals surface area contributed by atoms with Gasteiger partial charge in [0.05, 0.1) is 5.52 Å². The van der Waals surface area contributed by atoms with Crippen LogP contribution in [0.2, 0.25) is 5.02 Å². The number of rotatable bonds is 3. The van der Waals surface area contributed by atoms with E-state index in [9.17, 15) is 4.79 Å². The molecule has 6 heteroatoms. The second-order valence-electron chi connectivity index (χ2n) is 4.98. The molecule has 1 aromatic heterocycles. The fourth-order valence-electron chi connectivity index (χ4n) is 2.13. The molecular weight excluding hydrogens is 330 g/mol. The molecule has 0 aliphatic rings. The molecule has 0 aliphatic heterocycles. The molecule has 0 aliphatic carbocycles. The number of amides is 2. The van der Waals surface area contributed by atoms with E-state index in [1.165, 1.54) is 11.9 Å². The number of halogens is 1. The van der Waals surface area contributed by atoms with Gasteiger partial charge in [-0.1, -0.05) is 29.8 Å². The first kappa shape index (κ1) is 15.6. The Morgan fingerprint density at radius 2 is 2.00 bits per heavy atom. The lowest BCUT2D eigenvalue weighted by Crippen LogP contribution is -2.23. The number of fused-ring (bicyclic) bond motifs is 1. The second kappa shape index (κ2) is 6.89. The van der Waals surface area contributed by atoms with Gasteiger partial charge in [-0.25, -0.2) is 4.79 Å². The average molecular weight is 344 g/mol. The first-order valence-corrected chi connectivity index (χ1v) is 8.16. The molecule has 0 saturated heterocycles. The van der Waals surface area contributed by atoms with Gasteiger partial charge in [0.15, 0.2) is 0 Å². The van der Waals surface area contributed by atoms with Crippen LogP contribution in [0, 0.1) is 6.92 Å². The van der Waals surface area contributed by atoms with Crippen molar-refractivity contribution in [3.63, 3.8) is 0 Å². The summed E-state index contributed by atoms with van der Waals surface area (Å²) in [6.07, 6.45) is 1.74. The van der Waals surface area contributed by atoms with Crippen molar-refractivity contribution in [1.29, 1.82) is 0 Å². The highest BCUT2D eigenvalue weighted by Crippen LogP contribution is 2.21. The molecule has 3 aromatic rings. The first-order valence-electron chi connectivity index (χ1n) is 6.96. The third kappa shape index (κ3) is 3.94. The number of nitrogens with one attached hydrogen (secondary N) is 2. The number of aromatic nitrogens is 1. The number of urea groups is 1. The maximum Gasteiger partial charge on any atom is 0.329 e. The van der Waals surface area contributed by atoms with Crippen molar-refractivity contribution in [3.05, 3.63) is 65.3 Å². The normalized spacial score (nSPS) is 10.5. The van der Waals surface area contributed by atoms with Gasteiger partial charge in [-0.2, -0.15) is 0 Å². The minimum absolute atomic E-state index is 0.298. The molecule has 0 unspecified atom stereocenters. The van der Waals surface area contributed by atoms with Gasteiger partial charge < -0.3 is 5.32 Å². The Kier molecular flexibility index (Phi) is 4.69. The molecule has 4 nitrogen and oxygen atoms in total. The summed E-state index contributed by atoms with van der Waals surface area (Å²) in [6.45, 7) is 1.89. The fourth-order valence-corrected chi connectivity index (χ4v) is 2.91. The summed E-state index contributed by atoms with van der Waals surface area (Å²) in [6, 6.07) is 14.9. The van der Waals surface area contributed by atoms with E-state index in [4.69, 9.17) is 11.6 Å². The van der Waals surface area contributed by atoms with Gasteiger partial charge in [-0.15, -0.1) is 0 Å². The molecule has 116 valence electrons. The molecule has 1 heterocycles. The molecule has 0 radical (unpaired) electrons. The van der Waals surface area contributed by atoms with Crippen LogP contribution in [0.25, 0.3) is 10.9 Å². The summed E-state index contributed by atoms with van der Waals surface area (Å²) >= 11 is 7.12. The predicted octanol–water partition coefficient (Wildman–Crippen LogP) is 5.03. The zero-order valence-electron chi connectivity index (χ0n) is 12.3. The summed E-state index contributed by atoms with van der Waals surface area (Å²) in [5, 5.41) is 4.47. The Labute approximate surface area is 143 Å². The minimum atomic E-state index is -0.298. The van der Waals surface area contributed by atoms with Crippen LogP contribution in [0.3, 0.4) is 0 Å². The largest absolute Gasteiger partial charge is 0.329 e. The number of pyridine rings is 1. The third-order valence-electron chi connectivity index (χ3n) is 3.26. The van der Waals surface area contributed by atoms with Crippen molar-refractivity contribution in [3.8, 4) is 0 Å². The highest BCUT2D eigenvalue weighted by atomic mass is 35.5. The van der Waals surface area contributed by atoms with E-state index in [1.54, 1.807) is 24.4 Å². The molecule has 0 saturated carbocycles. The molecule has 0 bridgehead atoms. The van der Waals surface area contributed by atoms with E-state index in [1.807, 2.05) is 37.3 Å². The molecule has 0 spiro atoms. The number of hydrogen-bond acceptors (Lipinski definition) is 3. The maximum atomic E-state index is 12.0. The number of hydrogen-bond donors (Lipinski definition) is 2. The number of benzene rings is 2. The zero-order valence-corrected chi connectivity index (χ0v) is 13.9. The van der Waals surface area contributed by atoms with Gasteiger partial charge >= 0.3 is 6.03 Å². The molecule has 0 atom stereocenters. The van der Waals surface area contributed by atoms with Gasteiger partial charge in [-0.05, 0) is 54.8 Å². The van der Waals surface area contributed by atoms with Crippen molar-refractivity contribution in [2.45, 2.75) is 11.8 Å².